The lowest BCUT2D eigenvalue weighted by Gasteiger charge is -2.33. The highest BCUT2D eigenvalue weighted by Crippen LogP contribution is 2.26. The largest absolute Gasteiger partial charge is 0.384 e. The second kappa shape index (κ2) is 6.12. The van der Waals surface area contributed by atoms with E-state index >= 15 is 0 Å². The van der Waals surface area contributed by atoms with Gasteiger partial charge in [0.2, 0.25) is 0 Å². The maximum atomic E-state index is 5.99. The number of piperidine rings is 1. The van der Waals surface area contributed by atoms with Crippen LogP contribution in [0.5, 0.6) is 0 Å². The van der Waals surface area contributed by atoms with Crippen LogP contribution in [0.2, 0.25) is 0 Å². The average Bonchev–Trinajstić information content (AvgIpc) is 2.55. The van der Waals surface area contributed by atoms with E-state index in [4.69, 9.17) is 10.7 Å². The number of aromatic nitrogens is 2. The highest BCUT2D eigenvalue weighted by Gasteiger charge is 2.20. The summed E-state index contributed by atoms with van der Waals surface area (Å²) in [5.74, 6) is 2.97. The van der Waals surface area contributed by atoms with Crippen LogP contribution in [0, 0.1) is 5.92 Å². The first-order chi connectivity index (χ1) is 10.3. The number of benzene rings is 1. The fourth-order valence-electron chi connectivity index (χ4n) is 2.94. The van der Waals surface area contributed by atoms with E-state index in [0.29, 0.717) is 11.6 Å². The van der Waals surface area contributed by atoms with Gasteiger partial charge in [-0.2, -0.15) is 0 Å². The van der Waals surface area contributed by atoms with Crippen molar-refractivity contribution in [2.45, 2.75) is 26.2 Å². The molecule has 1 unspecified atom stereocenters. The molecule has 21 heavy (non-hydrogen) atoms. The summed E-state index contributed by atoms with van der Waals surface area (Å²) in [5.41, 5.74) is 7.00. The van der Waals surface area contributed by atoms with Crippen LogP contribution in [-0.2, 0) is 0 Å². The molecular formula is C17H22N4. The Morgan fingerprint density at radius 2 is 2.05 bits per heavy atom. The molecule has 0 aliphatic carbocycles. The Labute approximate surface area is 126 Å². The van der Waals surface area contributed by atoms with E-state index in [1.165, 1.54) is 19.3 Å². The van der Waals surface area contributed by atoms with Gasteiger partial charge in [0.15, 0.2) is 5.82 Å². The van der Waals surface area contributed by atoms with Gasteiger partial charge in [-0.25, -0.2) is 9.97 Å². The molecule has 0 radical (unpaired) electrons. The van der Waals surface area contributed by atoms with Gasteiger partial charge in [-0.3, -0.25) is 0 Å². The second-order valence-electron chi connectivity index (χ2n) is 5.70. The first kappa shape index (κ1) is 13.9. The Balaban J connectivity index is 1.91. The SMILES string of the molecule is CCC1CCCN(c2cc(N)nc(-c3ccccc3)n2)C1. The van der Waals surface area contributed by atoms with Crippen molar-refractivity contribution < 1.29 is 0 Å². The first-order valence-corrected chi connectivity index (χ1v) is 7.71. The maximum absolute atomic E-state index is 5.99. The van der Waals surface area contributed by atoms with E-state index in [0.717, 1.165) is 30.4 Å². The van der Waals surface area contributed by atoms with Gasteiger partial charge in [-0.15, -0.1) is 0 Å². The molecule has 0 amide bonds. The maximum Gasteiger partial charge on any atom is 0.163 e. The third-order valence-electron chi connectivity index (χ3n) is 4.18. The molecule has 4 nitrogen and oxygen atoms in total. The summed E-state index contributed by atoms with van der Waals surface area (Å²) in [6.45, 7) is 4.39. The Morgan fingerprint density at radius 3 is 2.81 bits per heavy atom. The summed E-state index contributed by atoms with van der Waals surface area (Å²) in [7, 11) is 0. The molecule has 1 aliphatic rings. The van der Waals surface area contributed by atoms with E-state index in [-0.39, 0.29) is 0 Å². The van der Waals surface area contributed by atoms with E-state index < -0.39 is 0 Å². The van der Waals surface area contributed by atoms with Gasteiger partial charge < -0.3 is 10.6 Å². The standard InChI is InChI=1S/C17H22N4/c1-2-13-7-6-10-21(12-13)16-11-15(18)19-17(20-16)14-8-4-3-5-9-14/h3-5,8-9,11,13H,2,6-7,10,12H2,1H3,(H2,18,19,20). The first-order valence-electron chi connectivity index (χ1n) is 7.71. The lowest BCUT2D eigenvalue weighted by Crippen LogP contribution is -2.35. The Kier molecular flexibility index (Phi) is 4.04. The molecule has 1 atom stereocenters. The summed E-state index contributed by atoms with van der Waals surface area (Å²) in [5, 5.41) is 0. The van der Waals surface area contributed by atoms with Crippen LogP contribution in [-0.4, -0.2) is 23.1 Å². The molecule has 1 aromatic heterocycles. The van der Waals surface area contributed by atoms with Crippen LogP contribution >= 0.6 is 0 Å². The quantitative estimate of drug-likeness (QED) is 0.938. The molecule has 2 aromatic rings. The summed E-state index contributed by atoms with van der Waals surface area (Å²) in [6.07, 6.45) is 3.77. The molecule has 1 saturated heterocycles. The molecule has 110 valence electrons. The Bertz CT molecular complexity index is 597. The van der Waals surface area contributed by atoms with Crippen molar-refractivity contribution >= 4 is 11.6 Å². The normalized spacial score (nSPS) is 18.7. The van der Waals surface area contributed by atoms with Gasteiger partial charge in [0.25, 0.3) is 0 Å². The van der Waals surface area contributed by atoms with Crippen molar-refractivity contribution in [1.82, 2.24) is 9.97 Å². The Hall–Kier alpha value is -2.10. The van der Waals surface area contributed by atoms with Crippen LogP contribution in [0.1, 0.15) is 26.2 Å². The zero-order chi connectivity index (χ0) is 14.7. The molecular weight excluding hydrogens is 260 g/mol. The van der Waals surface area contributed by atoms with Crippen LogP contribution < -0.4 is 10.6 Å². The minimum atomic E-state index is 0.539. The molecule has 0 spiro atoms. The fourth-order valence-corrected chi connectivity index (χ4v) is 2.94. The summed E-state index contributed by atoms with van der Waals surface area (Å²) in [6, 6.07) is 11.9. The minimum Gasteiger partial charge on any atom is -0.384 e. The number of nitrogens with two attached hydrogens (primary N) is 1. The third-order valence-corrected chi connectivity index (χ3v) is 4.18. The minimum absolute atomic E-state index is 0.539. The van der Waals surface area contributed by atoms with Gasteiger partial charge in [-0.05, 0) is 18.8 Å². The number of rotatable bonds is 3. The van der Waals surface area contributed by atoms with Gasteiger partial charge in [0.1, 0.15) is 11.6 Å². The van der Waals surface area contributed by atoms with Crippen LogP contribution in [0.25, 0.3) is 11.4 Å². The van der Waals surface area contributed by atoms with Crippen molar-refractivity contribution in [3.8, 4) is 11.4 Å². The summed E-state index contributed by atoms with van der Waals surface area (Å²) < 4.78 is 0. The predicted octanol–water partition coefficient (Wildman–Crippen LogP) is 3.35. The molecule has 3 rings (SSSR count). The molecule has 2 N–H and O–H groups in total. The van der Waals surface area contributed by atoms with Crippen LogP contribution in [0.15, 0.2) is 36.4 Å². The highest BCUT2D eigenvalue weighted by molar-refractivity contribution is 5.60. The smallest absolute Gasteiger partial charge is 0.163 e. The molecule has 0 saturated carbocycles. The van der Waals surface area contributed by atoms with Crippen LogP contribution in [0.4, 0.5) is 11.6 Å². The van der Waals surface area contributed by atoms with Crippen molar-refractivity contribution in [3.05, 3.63) is 36.4 Å². The van der Waals surface area contributed by atoms with Gasteiger partial charge in [0, 0.05) is 24.7 Å². The van der Waals surface area contributed by atoms with E-state index in [2.05, 4.69) is 16.8 Å². The zero-order valence-electron chi connectivity index (χ0n) is 12.5. The number of anilines is 2. The number of hydrogen-bond donors (Lipinski definition) is 1. The summed E-state index contributed by atoms with van der Waals surface area (Å²) in [4.78, 5) is 11.5. The molecule has 1 aromatic carbocycles. The Morgan fingerprint density at radius 1 is 1.24 bits per heavy atom. The van der Waals surface area contributed by atoms with Gasteiger partial charge >= 0.3 is 0 Å². The van der Waals surface area contributed by atoms with E-state index in [1.807, 2.05) is 36.4 Å². The lowest BCUT2D eigenvalue weighted by atomic mass is 9.96. The van der Waals surface area contributed by atoms with Crippen molar-refractivity contribution in [3.63, 3.8) is 0 Å². The average molecular weight is 282 g/mol. The van der Waals surface area contributed by atoms with Crippen molar-refractivity contribution in [1.29, 1.82) is 0 Å². The second-order valence-corrected chi connectivity index (χ2v) is 5.70. The lowest BCUT2D eigenvalue weighted by molar-refractivity contribution is 0.403. The zero-order valence-corrected chi connectivity index (χ0v) is 12.5. The molecule has 2 heterocycles. The molecule has 0 bridgehead atoms. The van der Waals surface area contributed by atoms with E-state index in [1.54, 1.807) is 0 Å². The number of nitrogen functional groups attached to an aromatic ring is 1. The summed E-state index contributed by atoms with van der Waals surface area (Å²) >= 11 is 0. The topological polar surface area (TPSA) is 55.0 Å². The molecule has 4 heteroatoms. The molecule has 1 fully saturated rings. The molecule has 1 aliphatic heterocycles. The van der Waals surface area contributed by atoms with Gasteiger partial charge in [0.05, 0.1) is 0 Å². The fraction of sp³-hybridized carbons (Fsp3) is 0.412. The van der Waals surface area contributed by atoms with Crippen molar-refractivity contribution in [2.75, 3.05) is 23.7 Å². The van der Waals surface area contributed by atoms with Gasteiger partial charge in [-0.1, -0.05) is 43.7 Å². The van der Waals surface area contributed by atoms with E-state index in [9.17, 15) is 0 Å². The monoisotopic (exact) mass is 282 g/mol. The number of hydrogen-bond acceptors (Lipinski definition) is 4. The predicted molar refractivity (Wildman–Crippen MR) is 87.1 cm³/mol. The highest BCUT2D eigenvalue weighted by atomic mass is 15.2. The third kappa shape index (κ3) is 3.15. The van der Waals surface area contributed by atoms with Crippen molar-refractivity contribution in [2.24, 2.45) is 5.92 Å². The number of nitrogens with zero attached hydrogens (tertiary/aromatic N) is 3. The van der Waals surface area contributed by atoms with Crippen LogP contribution in [0.3, 0.4) is 0 Å².